The molecule has 0 amide bonds. The molecule has 0 aliphatic heterocycles. The smallest absolute Gasteiger partial charge is 0.420 e. The second kappa shape index (κ2) is 7.65. The monoisotopic (exact) mass is 352 g/mol. The van der Waals surface area contributed by atoms with Gasteiger partial charge in [-0.05, 0) is 46.1 Å². The topological polar surface area (TPSA) is 126 Å². The minimum absolute atomic E-state index is 0.00800. The first-order valence-corrected chi connectivity index (χ1v) is 8.34. The fourth-order valence-electron chi connectivity index (χ4n) is 2.70. The van der Waals surface area contributed by atoms with Crippen LogP contribution in [0.2, 0.25) is 0 Å². The van der Waals surface area contributed by atoms with Crippen LogP contribution in [0.3, 0.4) is 0 Å². The molecular weight excluding hydrogens is 324 g/mol. The van der Waals surface area contributed by atoms with Crippen LogP contribution >= 0.6 is 0 Å². The Morgan fingerprint density at radius 3 is 2.76 bits per heavy atom. The van der Waals surface area contributed by atoms with Crippen LogP contribution in [0.15, 0.2) is 18.0 Å². The molecule has 0 saturated heterocycles. The Bertz CT molecular complexity index is 648. The first-order chi connectivity index (χ1) is 11.6. The Balaban J connectivity index is 2.06. The second-order valence-corrected chi connectivity index (χ2v) is 7.40. The molecule has 0 aromatic carbocycles. The number of ether oxygens (including phenoxy) is 2. The summed E-state index contributed by atoms with van der Waals surface area (Å²) in [5.41, 5.74) is 13.0. The van der Waals surface area contributed by atoms with Crippen LogP contribution in [0.25, 0.3) is 0 Å². The molecule has 3 unspecified atom stereocenters. The first kappa shape index (κ1) is 19.6. The molecular formula is C17H28N4O4. The van der Waals surface area contributed by atoms with E-state index in [1.165, 1.54) is 10.9 Å². The van der Waals surface area contributed by atoms with Gasteiger partial charge in [-0.1, -0.05) is 6.08 Å². The van der Waals surface area contributed by atoms with Crippen LogP contribution in [0.1, 0.15) is 45.0 Å². The van der Waals surface area contributed by atoms with E-state index >= 15 is 0 Å². The number of aliphatic hydroxyl groups is 1. The zero-order valence-corrected chi connectivity index (χ0v) is 15.2. The lowest BCUT2D eigenvalue weighted by Gasteiger charge is -2.26. The van der Waals surface area contributed by atoms with E-state index in [-0.39, 0.29) is 18.7 Å². The molecule has 1 heterocycles. The molecule has 1 aliphatic rings. The summed E-state index contributed by atoms with van der Waals surface area (Å²) in [6.07, 6.45) is 2.72. The van der Waals surface area contributed by atoms with Gasteiger partial charge in [0.05, 0.1) is 18.0 Å². The van der Waals surface area contributed by atoms with Crippen molar-refractivity contribution >= 4 is 6.09 Å². The van der Waals surface area contributed by atoms with Crippen molar-refractivity contribution in [1.82, 2.24) is 9.55 Å². The Hall–Kier alpha value is -1.74. The molecule has 2 rings (SSSR count). The molecule has 0 bridgehead atoms. The molecule has 1 aliphatic carbocycles. The van der Waals surface area contributed by atoms with Crippen LogP contribution in [0, 0.1) is 6.92 Å². The minimum atomic E-state index is -1.13. The van der Waals surface area contributed by atoms with Crippen molar-refractivity contribution in [2.75, 3.05) is 0 Å². The molecule has 0 radical (unpaired) electrons. The highest BCUT2D eigenvalue weighted by Crippen LogP contribution is 2.21. The number of rotatable bonds is 4. The number of nitrogens with two attached hydrogens (primary N) is 2. The fourth-order valence-corrected chi connectivity index (χ4v) is 2.70. The quantitative estimate of drug-likeness (QED) is 0.549. The summed E-state index contributed by atoms with van der Waals surface area (Å²) in [4.78, 5) is 16.4. The predicted octanol–water partition coefficient (Wildman–Crippen LogP) is 1.18. The number of imidazole rings is 1. The maximum absolute atomic E-state index is 12.3. The van der Waals surface area contributed by atoms with Gasteiger partial charge in [-0.15, -0.1) is 0 Å². The zero-order valence-electron chi connectivity index (χ0n) is 15.2. The average molecular weight is 352 g/mol. The van der Waals surface area contributed by atoms with Gasteiger partial charge in [0.1, 0.15) is 11.9 Å². The molecule has 3 atom stereocenters. The molecule has 0 spiro atoms. The lowest BCUT2D eigenvalue weighted by Crippen LogP contribution is -2.37. The van der Waals surface area contributed by atoms with Crippen molar-refractivity contribution in [3.63, 3.8) is 0 Å². The van der Waals surface area contributed by atoms with Gasteiger partial charge < -0.3 is 26.0 Å². The van der Waals surface area contributed by atoms with Gasteiger partial charge in [0.2, 0.25) is 0 Å². The number of aromatic nitrogens is 2. The largest absolute Gasteiger partial charge is 0.443 e. The van der Waals surface area contributed by atoms with Crippen LogP contribution < -0.4 is 11.5 Å². The molecule has 8 nitrogen and oxygen atoms in total. The van der Waals surface area contributed by atoms with Crippen molar-refractivity contribution in [2.24, 2.45) is 11.5 Å². The van der Waals surface area contributed by atoms with Gasteiger partial charge in [-0.25, -0.2) is 14.3 Å². The van der Waals surface area contributed by atoms with E-state index in [2.05, 4.69) is 4.98 Å². The Kier molecular flexibility index (Phi) is 5.99. The van der Waals surface area contributed by atoms with Crippen molar-refractivity contribution in [1.29, 1.82) is 0 Å². The summed E-state index contributed by atoms with van der Waals surface area (Å²) >= 11 is 0. The number of hydrogen-bond donors (Lipinski definition) is 3. The highest BCUT2D eigenvalue weighted by molar-refractivity contribution is 5.71. The van der Waals surface area contributed by atoms with Gasteiger partial charge >= 0.3 is 6.09 Å². The van der Waals surface area contributed by atoms with Crippen molar-refractivity contribution in [3.05, 3.63) is 29.4 Å². The highest BCUT2D eigenvalue weighted by atomic mass is 16.6. The van der Waals surface area contributed by atoms with E-state index < -0.39 is 18.0 Å². The third-order valence-electron chi connectivity index (χ3n) is 3.86. The summed E-state index contributed by atoms with van der Waals surface area (Å²) in [5.74, 6) is 0. The van der Waals surface area contributed by atoms with Crippen LogP contribution in [0.4, 0.5) is 4.79 Å². The Morgan fingerprint density at radius 1 is 1.48 bits per heavy atom. The number of carbonyl (C=O) groups excluding carboxylic acids is 1. The zero-order chi connectivity index (χ0) is 18.8. The Morgan fingerprint density at radius 2 is 2.16 bits per heavy atom. The summed E-state index contributed by atoms with van der Waals surface area (Å²) in [7, 11) is 0. The number of carbonyl (C=O) groups is 1. The summed E-state index contributed by atoms with van der Waals surface area (Å²) in [5, 5.41) is 10.3. The van der Waals surface area contributed by atoms with Crippen molar-refractivity contribution in [2.45, 2.75) is 71.1 Å². The van der Waals surface area contributed by atoms with Gasteiger partial charge in [-0.3, -0.25) is 0 Å². The van der Waals surface area contributed by atoms with E-state index in [1.54, 1.807) is 33.8 Å². The van der Waals surface area contributed by atoms with Gasteiger partial charge in [-0.2, -0.15) is 0 Å². The summed E-state index contributed by atoms with van der Waals surface area (Å²) in [6.45, 7) is 7.13. The molecule has 8 heteroatoms. The highest BCUT2D eigenvalue weighted by Gasteiger charge is 2.24. The number of aryl methyl sites for hydroxylation is 1. The maximum atomic E-state index is 12.3. The summed E-state index contributed by atoms with van der Waals surface area (Å²) < 4.78 is 12.2. The summed E-state index contributed by atoms with van der Waals surface area (Å²) in [6, 6.07) is -0.284. The molecule has 1 aromatic rings. The van der Waals surface area contributed by atoms with Gasteiger partial charge in [0.25, 0.3) is 0 Å². The van der Waals surface area contributed by atoms with E-state index in [9.17, 15) is 9.90 Å². The standard InChI is InChI=1S/C17H28N4O4/c1-10-14(21(9-20-10)16(23)25-17(2,3)4)8-24-15(22)11-5-12(18)7-13(19)6-11/h5,9,12-13,15,22H,6-8,18-19H2,1-4H3. The van der Waals surface area contributed by atoms with Crippen LogP contribution in [-0.4, -0.2) is 44.7 Å². The number of nitrogens with zero attached hydrogens (tertiary/aromatic N) is 2. The van der Waals surface area contributed by atoms with Gasteiger partial charge in [0.15, 0.2) is 6.29 Å². The number of hydrogen-bond acceptors (Lipinski definition) is 7. The van der Waals surface area contributed by atoms with Gasteiger partial charge in [0, 0.05) is 12.1 Å². The lowest BCUT2D eigenvalue weighted by atomic mass is 9.92. The maximum Gasteiger partial charge on any atom is 0.420 e. The number of aliphatic hydroxyl groups excluding tert-OH is 1. The van der Waals surface area contributed by atoms with Crippen molar-refractivity contribution in [3.8, 4) is 0 Å². The average Bonchev–Trinajstić information content (AvgIpc) is 2.83. The SMILES string of the molecule is Cc1ncn(C(=O)OC(C)(C)C)c1COC(O)C1=CC(N)CC(N)C1. The van der Waals surface area contributed by atoms with E-state index in [4.69, 9.17) is 20.9 Å². The molecule has 140 valence electrons. The fraction of sp³-hybridized carbons (Fsp3) is 0.647. The lowest BCUT2D eigenvalue weighted by molar-refractivity contribution is -0.0860. The molecule has 1 aromatic heterocycles. The Labute approximate surface area is 147 Å². The van der Waals surface area contributed by atoms with E-state index in [0.717, 1.165) is 0 Å². The second-order valence-electron chi connectivity index (χ2n) is 7.40. The molecule has 0 fully saturated rings. The minimum Gasteiger partial charge on any atom is -0.443 e. The molecule has 5 N–H and O–H groups in total. The third-order valence-corrected chi connectivity index (χ3v) is 3.86. The van der Waals surface area contributed by atoms with Crippen LogP contribution in [0.5, 0.6) is 0 Å². The predicted molar refractivity (Wildman–Crippen MR) is 92.7 cm³/mol. The van der Waals surface area contributed by atoms with Crippen molar-refractivity contribution < 1.29 is 19.4 Å². The van der Waals surface area contributed by atoms with E-state index in [0.29, 0.717) is 29.8 Å². The third kappa shape index (κ3) is 5.37. The molecule has 25 heavy (non-hydrogen) atoms. The van der Waals surface area contributed by atoms with Crippen LogP contribution in [-0.2, 0) is 16.1 Å². The normalized spacial score (nSPS) is 22.4. The van der Waals surface area contributed by atoms with E-state index in [1.807, 2.05) is 0 Å². The first-order valence-electron chi connectivity index (χ1n) is 8.34. The molecule has 0 saturated carbocycles.